The molecule has 1 aliphatic heterocycles. The first-order valence-electron chi connectivity index (χ1n) is 8.59. The van der Waals surface area contributed by atoms with E-state index >= 15 is 0 Å². The van der Waals surface area contributed by atoms with Crippen molar-refractivity contribution in [3.63, 3.8) is 0 Å². The van der Waals surface area contributed by atoms with Gasteiger partial charge in [-0.1, -0.05) is 30.3 Å². The van der Waals surface area contributed by atoms with Crippen molar-refractivity contribution in [3.8, 4) is 0 Å². The monoisotopic (exact) mass is 344 g/mol. The highest BCUT2D eigenvalue weighted by atomic mass is 16.5. The summed E-state index contributed by atoms with van der Waals surface area (Å²) in [7, 11) is 0. The van der Waals surface area contributed by atoms with Crippen LogP contribution in [0.2, 0.25) is 0 Å². The molecule has 0 aliphatic carbocycles. The molecule has 0 bridgehead atoms. The zero-order valence-corrected chi connectivity index (χ0v) is 14.2. The Hall–Kier alpha value is -2.38. The molecule has 1 aliphatic rings. The minimum absolute atomic E-state index is 0.218. The zero-order chi connectivity index (χ0) is 17.5. The molecule has 0 saturated carbocycles. The molecule has 7 nitrogen and oxygen atoms in total. The van der Waals surface area contributed by atoms with Crippen molar-refractivity contribution in [2.45, 2.75) is 32.1 Å². The summed E-state index contributed by atoms with van der Waals surface area (Å²) >= 11 is 0. The van der Waals surface area contributed by atoms with Crippen LogP contribution in [0.3, 0.4) is 0 Å². The SMILES string of the molecule is O=C(Nc1cnn(CC(O)CN2CCCC2)c1)OCc1ccccc1. The third kappa shape index (κ3) is 5.58. The molecular weight excluding hydrogens is 320 g/mol. The van der Waals surface area contributed by atoms with Gasteiger partial charge in [0.2, 0.25) is 0 Å². The normalized spacial score (nSPS) is 15.9. The number of benzene rings is 1. The molecule has 7 heteroatoms. The molecule has 2 heterocycles. The third-order valence-corrected chi connectivity index (χ3v) is 4.16. The highest BCUT2D eigenvalue weighted by Crippen LogP contribution is 2.10. The number of rotatable bonds is 7. The van der Waals surface area contributed by atoms with Crippen LogP contribution >= 0.6 is 0 Å². The number of β-amino-alcohol motifs (C(OH)–C–C–N with tert-alkyl or cyclic N) is 1. The Morgan fingerprint density at radius 1 is 1.24 bits per heavy atom. The Kier molecular flexibility index (Phi) is 6.03. The number of nitrogens with one attached hydrogen (secondary N) is 1. The summed E-state index contributed by atoms with van der Waals surface area (Å²) in [5.41, 5.74) is 1.48. The van der Waals surface area contributed by atoms with Crippen LogP contribution < -0.4 is 5.32 Å². The van der Waals surface area contributed by atoms with Crippen molar-refractivity contribution < 1.29 is 14.6 Å². The van der Waals surface area contributed by atoms with Crippen molar-refractivity contribution in [1.29, 1.82) is 0 Å². The summed E-state index contributed by atoms with van der Waals surface area (Å²) in [6.07, 6.45) is 4.64. The van der Waals surface area contributed by atoms with E-state index in [0.29, 0.717) is 18.8 Å². The molecule has 1 unspecified atom stereocenters. The van der Waals surface area contributed by atoms with Gasteiger partial charge >= 0.3 is 6.09 Å². The van der Waals surface area contributed by atoms with Crippen LogP contribution in [0.4, 0.5) is 10.5 Å². The summed E-state index contributed by atoms with van der Waals surface area (Å²) in [5, 5.41) is 17.0. The highest BCUT2D eigenvalue weighted by molar-refractivity contribution is 5.84. The largest absolute Gasteiger partial charge is 0.444 e. The molecule has 25 heavy (non-hydrogen) atoms. The Labute approximate surface area is 147 Å². The van der Waals surface area contributed by atoms with Gasteiger partial charge in [0.1, 0.15) is 6.61 Å². The van der Waals surface area contributed by atoms with E-state index in [-0.39, 0.29) is 6.61 Å². The maximum atomic E-state index is 11.8. The number of likely N-dealkylation sites (tertiary alicyclic amines) is 1. The number of amides is 1. The second-order valence-electron chi connectivity index (χ2n) is 6.30. The first-order valence-corrected chi connectivity index (χ1v) is 8.59. The molecule has 3 rings (SSSR count). The number of aliphatic hydroxyl groups excluding tert-OH is 1. The predicted octanol–water partition coefficient (Wildman–Crippen LogP) is 2.09. The molecule has 1 aromatic carbocycles. The lowest BCUT2D eigenvalue weighted by Gasteiger charge is -2.19. The van der Waals surface area contributed by atoms with Crippen molar-refractivity contribution in [1.82, 2.24) is 14.7 Å². The molecule has 2 aromatic rings. The Morgan fingerprint density at radius 2 is 2.00 bits per heavy atom. The lowest BCUT2D eigenvalue weighted by molar-refractivity contribution is 0.106. The fourth-order valence-corrected chi connectivity index (χ4v) is 2.94. The average molecular weight is 344 g/mol. The fraction of sp³-hybridized carbons (Fsp3) is 0.444. The number of carbonyl (C=O) groups is 1. The smallest absolute Gasteiger partial charge is 0.412 e. The van der Waals surface area contributed by atoms with Gasteiger partial charge in [-0.2, -0.15) is 5.10 Å². The van der Waals surface area contributed by atoms with Crippen LogP contribution in [0, 0.1) is 0 Å². The molecule has 1 aromatic heterocycles. The van der Waals surface area contributed by atoms with Crippen LogP contribution in [-0.4, -0.2) is 51.6 Å². The standard InChI is InChI=1S/C18H24N4O3/c23-17(12-21-8-4-5-9-21)13-22-11-16(10-19-22)20-18(24)25-14-15-6-2-1-3-7-15/h1-3,6-7,10-11,17,23H,4-5,8-9,12-14H2,(H,20,24). The van der Waals surface area contributed by atoms with Gasteiger partial charge in [-0.25, -0.2) is 4.79 Å². The Bertz CT molecular complexity index is 668. The minimum Gasteiger partial charge on any atom is -0.444 e. The van der Waals surface area contributed by atoms with Gasteiger partial charge in [0.25, 0.3) is 0 Å². The van der Waals surface area contributed by atoms with Gasteiger partial charge in [-0.15, -0.1) is 0 Å². The van der Waals surface area contributed by atoms with E-state index in [9.17, 15) is 9.90 Å². The number of nitrogens with zero attached hydrogens (tertiary/aromatic N) is 3. The molecule has 1 atom stereocenters. The predicted molar refractivity (Wildman–Crippen MR) is 94.2 cm³/mol. The Balaban J connectivity index is 1.42. The summed E-state index contributed by atoms with van der Waals surface area (Å²) < 4.78 is 6.80. The molecule has 0 radical (unpaired) electrons. The fourth-order valence-electron chi connectivity index (χ4n) is 2.94. The molecule has 1 saturated heterocycles. The molecular formula is C18H24N4O3. The maximum Gasteiger partial charge on any atom is 0.412 e. The number of ether oxygens (including phenoxy) is 1. The second-order valence-corrected chi connectivity index (χ2v) is 6.30. The minimum atomic E-state index is -0.527. The van der Waals surface area contributed by atoms with Crippen molar-refractivity contribution in [2.75, 3.05) is 25.0 Å². The molecule has 0 spiro atoms. The van der Waals surface area contributed by atoms with E-state index < -0.39 is 12.2 Å². The summed E-state index contributed by atoms with van der Waals surface area (Å²) in [6, 6.07) is 9.50. The lowest BCUT2D eigenvalue weighted by Crippen LogP contribution is -2.32. The highest BCUT2D eigenvalue weighted by Gasteiger charge is 2.16. The second kappa shape index (κ2) is 8.64. The quantitative estimate of drug-likeness (QED) is 0.804. The first kappa shape index (κ1) is 17.4. The van der Waals surface area contributed by atoms with Crippen LogP contribution in [0.5, 0.6) is 0 Å². The number of carbonyl (C=O) groups excluding carboxylic acids is 1. The lowest BCUT2D eigenvalue weighted by atomic mass is 10.2. The molecule has 1 amide bonds. The van der Waals surface area contributed by atoms with E-state index in [1.165, 1.54) is 12.8 Å². The first-order chi connectivity index (χ1) is 12.2. The summed E-state index contributed by atoms with van der Waals surface area (Å²) in [5.74, 6) is 0. The number of anilines is 1. The van der Waals surface area contributed by atoms with Crippen molar-refractivity contribution >= 4 is 11.8 Å². The van der Waals surface area contributed by atoms with Crippen LogP contribution in [0.25, 0.3) is 0 Å². The average Bonchev–Trinajstić information content (AvgIpc) is 3.26. The van der Waals surface area contributed by atoms with E-state index in [1.54, 1.807) is 17.1 Å². The maximum absolute atomic E-state index is 11.8. The van der Waals surface area contributed by atoms with Gasteiger partial charge in [0.05, 0.1) is 24.5 Å². The molecule has 134 valence electrons. The third-order valence-electron chi connectivity index (χ3n) is 4.16. The van der Waals surface area contributed by atoms with Gasteiger partial charge < -0.3 is 14.7 Å². The summed E-state index contributed by atoms with van der Waals surface area (Å²) in [6.45, 7) is 3.38. The van der Waals surface area contributed by atoms with Crippen LogP contribution in [0.1, 0.15) is 18.4 Å². The van der Waals surface area contributed by atoms with E-state index in [4.69, 9.17) is 4.74 Å². The topological polar surface area (TPSA) is 79.6 Å². The van der Waals surface area contributed by atoms with E-state index in [2.05, 4.69) is 15.3 Å². The molecule has 1 fully saturated rings. The van der Waals surface area contributed by atoms with Gasteiger partial charge in [0.15, 0.2) is 0 Å². The summed E-state index contributed by atoms with van der Waals surface area (Å²) in [4.78, 5) is 14.1. The van der Waals surface area contributed by atoms with Crippen molar-refractivity contribution in [3.05, 3.63) is 48.3 Å². The van der Waals surface area contributed by atoms with Crippen molar-refractivity contribution in [2.24, 2.45) is 0 Å². The van der Waals surface area contributed by atoms with Gasteiger partial charge in [-0.05, 0) is 31.5 Å². The van der Waals surface area contributed by atoms with E-state index in [1.807, 2.05) is 30.3 Å². The van der Waals surface area contributed by atoms with E-state index in [0.717, 1.165) is 18.7 Å². The number of hydrogen-bond donors (Lipinski definition) is 2. The van der Waals surface area contributed by atoms with Crippen LogP contribution in [0.15, 0.2) is 42.7 Å². The zero-order valence-electron chi connectivity index (χ0n) is 14.2. The number of aromatic nitrogens is 2. The van der Waals surface area contributed by atoms with Gasteiger partial charge in [0, 0.05) is 12.7 Å². The van der Waals surface area contributed by atoms with Gasteiger partial charge in [-0.3, -0.25) is 10.00 Å². The van der Waals surface area contributed by atoms with Crippen LogP contribution in [-0.2, 0) is 17.9 Å². The Morgan fingerprint density at radius 3 is 2.76 bits per heavy atom. The number of hydrogen-bond acceptors (Lipinski definition) is 5. The molecule has 2 N–H and O–H groups in total. The number of aliphatic hydroxyl groups is 1.